The van der Waals surface area contributed by atoms with Crippen molar-refractivity contribution >= 4 is 34.8 Å². The van der Waals surface area contributed by atoms with Crippen molar-refractivity contribution in [3.63, 3.8) is 0 Å². The first kappa shape index (κ1) is 14.9. The summed E-state index contributed by atoms with van der Waals surface area (Å²) in [5.74, 6) is -0.366. The molecule has 0 aliphatic rings. The summed E-state index contributed by atoms with van der Waals surface area (Å²) in [5.41, 5.74) is 8.75. The van der Waals surface area contributed by atoms with Gasteiger partial charge in [0.25, 0.3) is 0 Å². The smallest absolute Gasteiger partial charge is 0.350 e. The molecule has 2 rings (SSSR count). The lowest BCUT2D eigenvalue weighted by Gasteiger charge is -2.03. The van der Waals surface area contributed by atoms with Crippen molar-refractivity contribution in [2.45, 2.75) is 18.2 Å². The van der Waals surface area contributed by atoms with Crippen LogP contribution < -0.4 is 5.73 Å². The van der Waals surface area contributed by atoms with Crippen LogP contribution in [0.3, 0.4) is 0 Å². The molecule has 0 aliphatic heterocycles. The number of rotatable bonds is 4. The molecule has 0 spiro atoms. The summed E-state index contributed by atoms with van der Waals surface area (Å²) in [7, 11) is 1.38. The van der Waals surface area contributed by atoms with E-state index >= 15 is 0 Å². The van der Waals surface area contributed by atoms with E-state index in [1.807, 2.05) is 13.2 Å². The minimum absolute atomic E-state index is 0.366. The first-order valence-electron chi connectivity index (χ1n) is 6.26. The SMILES string of the molecule is CCc1c(-c2ccc(SC)cc2)sc(C(=O)OC)c1N. The molecule has 0 atom stereocenters. The molecule has 1 aromatic carbocycles. The lowest BCUT2D eigenvalue weighted by Crippen LogP contribution is -2.02. The number of hydrogen-bond donors (Lipinski definition) is 1. The zero-order valence-electron chi connectivity index (χ0n) is 11.7. The van der Waals surface area contributed by atoms with Gasteiger partial charge in [0.15, 0.2) is 0 Å². The van der Waals surface area contributed by atoms with Gasteiger partial charge in [0.05, 0.1) is 12.8 Å². The van der Waals surface area contributed by atoms with Gasteiger partial charge in [0.1, 0.15) is 4.88 Å². The Bertz CT molecular complexity index is 618. The molecule has 0 saturated heterocycles. The van der Waals surface area contributed by atoms with E-state index in [-0.39, 0.29) is 5.97 Å². The largest absolute Gasteiger partial charge is 0.465 e. The van der Waals surface area contributed by atoms with Crippen molar-refractivity contribution in [2.24, 2.45) is 0 Å². The van der Waals surface area contributed by atoms with Gasteiger partial charge in [0.2, 0.25) is 0 Å². The van der Waals surface area contributed by atoms with Crippen LogP contribution in [0.1, 0.15) is 22.2 Å². The molecule has 0 bridgehead atoms. The fourth-order valence-electron chi connectivity index (χ4n) is 2.05. The number of methoxy groups -OCH3 is 1. The summed E-state index contributed by atoms with van der Waals surface area (Å²) in [6.45, 7) is 2.04. The highest BCUT2D eigenvalue weighted by atomic mass is 32.2. The van der Waals surface area contributed by atoms with Crippen LogP contribution >= 0.6 is 23.1 Å². The molecule has 0 unspecified atom stereocenters. The molecule has 0 radical (unpaired) electrons. The number of hydrogen-bond acceptors (Lipinski definition) is 5. The van der Waals surface area contributed by atoms with Crippen molar-refractivity contribution < 1.29 is 9.53 Å². The molecule has 106 valence electrons. The molecule has 0 amide bonds. The normalized spacial score (nSPS) is 10.6. The van der Waals surface area contributed by atoms with Gasteiger partial charge >= 0.3 is 5.97 Å². The van der Waals surface area contributed by atoms with Gasteiger partial charge in [-0.2, -0.15) is 0 Å². The predicted octanol–water partition coefficient (Wildman–Crippen LogP) is 4.07. The van der Waals surface area contributed by atoms with Crippen LogP contribution in [-0.4, -0.2) is 19.3 Å². The van der Waals surface area contributed by atoms with Crippen LogP contribution in [0.5, 0.6) is 0 Å². The third-order valence-electron chi connectivity index (χ3n) is 3.12. The van der Waals surface area contributed by atoms with Crippen LogP contribution in [-0.2, 0) is 11.2 Å². The summed E-state index contributed by atoms with van der Waals surface area (Å²) in [5, 5.41) is 0. The summed E-state index contributed by atoms with van der Waals surface area (Å²) in [6, 6.07) is 8.29. The zero-order valence-corrected chi connectivity index (χ0v) is 13.4. The van der Waals surface area contributed by atoms with Crippen LogP contribution in [0.25, 0.3) is 10.4 Å². The molecule has 1 heterocycles. The van der Waals surface area contributed by atoms with Crippen molar-refractivity contribution in [1.82, 2.24) is 0 Å². The number of carbonyl (C=O) groups is 1. The highest BCUT2D eigenvalue weighted by molar-refractivity contribution is 7.98. The Labute approximate surface area is 127 Å². The molecule has 0 fully saturated rings. The fourth-order valence-corrected chi connectivity index (χ4v) is 3.69. The average molecular weight is 307 g/mol. The first-order chi connectivity index (χ1) is 9.62. The number of ether oxygens (including phenoxy) is 1. The minimum atomic E-state index is -0.366. The molecule has 0 aliphatic carbocycles. The van der Waals surface area contributed by atoms with E-state index in [2.05, 4.69) is 24.3 Å². The molecular formula is C15H17NO2S2. The zero-order chi connectivity index (χ0) is 14.7. The minimum Gasteiger partial charge on any atom is -0.465 e. The Kier molecular flexibility index (Phi) is 4.73. The second-order valence-electron chi connectivity index (χ2n) is 4.23. The molecule has 1 aromatic heterocycles. The molecule has 3 nitrogen and oxygen atoms in total. The Hall–Kier alpha value is -1.46. The van der Waals surface area contributed by atoms with E-state index in [1.165, 1.54) is 23.3 Å². The maximum Gasteiger partial charge on any atom is 0.350 e. The number of thioether (sulfide) groups is 1. The lowest BCUT2D eigenvalue weighted by molar-refractivity contribution is 0.0607. The Morgan fingerprint density at radius 3 is 2.50 bits per heavy atom. The van der Waals surface area contributed by atoms with Gasteiger partial charge in [-0.15, -0.1) is 23.1 Å². The van der Waals surface area contributed by atoms with Gasteiger partial charge in [0, 0.05) is 9.77 Å². The van der Waals surface area contributed by atoms with E-state index in [0.717, 1.165) is 22.4 Å². The maximum atomic E-state index is 11.8. The molecule has 2 aromatic rings. The van der Waals surface area contributed by atoms with Crippen LogP contribution in [0.15, 0.2) is 29.2 Å². The summed E-state index contributed by atoms with van der Waals surface area (Å²) >= 11 is 3.11. The van der Waals surface area contributed by atoms with E-state index in [1.54, 1.807) is 11.8 Å². The van der Waals surface area contributed by atoms with E-state index in [4.69, 9.17) is 10.5 Å². The van der Waals surface area contributed by atoms with E-state index in [9.17, 15) is 4.79 Å². The molecule has 5 heteroatoms. The monoisotopic (exact) mass is 307 g/mol. The molecule has 2 N–H and O–H groups in total. The lowest BCUT2D eigenvalue weighted by atomic mass is 10.1. The predicted molar refractivity (Wildman–Crippen MR) is 86.7 cm³/mol. The van der Waals surface area contributed by atoms with Crippen molar-refractivity contribution in [3.05, 3.63) is 34.7 Å². The van der Waals surface area contributed by atoms with Crippen molar-refractivity contribution in [1.29, 1.82) is 0 Å². The number of benzene rings is 1. The number of carbonyl (C=O) groups excluding carboxylic acids is 1. The van der Waals surface area contributed by atoms with Crippen LogP contribution in [0.2, 0.25) is 0 Å². The number of esters is 1. The number of thiophene rings is 1. The second-order valence-corrected chi connectivity index (χ2v) is 6.13. The Balaban J connectivity index is 2.52. The van der Waals surface area contributed by atoms with Gasteiger partial charge in [-0.25, -0.2) is 4.79 Å². The first-order valence-corrected chi connectivity index (χ1v) is 8.30. The fraction of sp³-hybridized carbons (Fsp3) is 0.267. The maximum absolute atomic E-state index is 11.8. The molecular weight excluding hydrogens is 290 g/mol. The van der Waals surface area contributed by atoms with Gasteiger partial charge in [-0.3, -0.25) is 0 Å². The van der Waals surface area contributed by atoms with Gasteiger partial charge in [-0.05, 0) is 35.9 Å². The highest BCUT2D eigenvalue weighted by Gasteiger charge is 2.21. The summed E-state index contributed by atoms with van der Waals surface area (Å²) < 4.78 is 4.79. The van der Waals surface area contributed by atoms with Crippen LogP contribution in [0, 0.1) is 0 Å². The summed E-state index contributed by atoms with van der Waals surface area (Å²) in [6.07, 6.45) is 2.84. The number of nitrogens with two attached hydrogens (primary N) is 1. The number of nitrogen functional groups attached to an aromatic ring is 1. The van der Waals surface area contributed by atoms with Gasteiger partial charge < -0.3 is 10.5 Å². The second kappa shape index (κ2) is 6.33. The van der Waals surface area contributed by atoms with Crippen LogP contribution in [0.4, 0.5) is 5.69 Å². The third-order valence-corrected chi connectivity index (χ3v) is 5.15. The third kappa shape index (κ3) is 2.69. The quantitative estimate of drug-likeness (QED) is 0.683. The average Bonchev–Trinajstić information content (AvgIpc) is 2.83. The van der Waals surface area contributed by atoms with E-state index < -0.39 is 0 Å². The molecule has 0 saturated carbocycles. The Morgan fingerprint density at radius 1 is 1.35 bits per heavy atom. The topological polar surface area (TPSA) is 52.3 Å². The van der Waals surface area contributed by atoms with Crippen molar-refractivity contribution in [3.8, 4) is 10.4 Å². The standard InChI is InChI=1S/C15H17NO2S2/c1-4-11-12(16)14(15(17)18-2)20-13(11)9-5-7-10(19-3)8-6-9/h5-8H,4,16H2,1-3H3. The number of anilines is 1. The highest BCUT2D eigenvalue weighted by Crippen LogP contribution is 2.39. The van der Waals surface area contributed by atoms with Gasteiger partial charge in [-0.1, -0.05) is 19.1 Å². The van der Waals surface area contributed by atoms with Crippen molar-refractivity contribution in [2.75, 3.05) is 19.1 Å². The Morgan fingerprint density at radius 2 is 2.00 bits per heavy atom. The summed E-state index contributed by atoms with van der Waals surface area (Å²) in [4.78, 5) is 14.5. The van der Waals surface area contributed by atoms with E-state index in [0.29, 0.717) is 10.6 Å². The molecule has 20 heavy (non-hydrogen) atoms.